The molecule has 0 saturated heterocycles. The van der Waals surface area contributed by atoms with E-state index in [1.54, 1.807) is 0 Å². The molecule has 1 aromatic rings. The van der Waals surface area contributed by atoms with Gasteiger partial charge in [0.2, 0.25) is 0 Å². The molecule has 66 valence electrons. The third kappa shape index (κ3) is 1.16. The van der Waals surface area contributed by atoms with Crippen LogP contribution in [0.1, 0.15) is 36.9 Å². The standard InChI is InChI=1S/C10H16N2/c1-2-12-6-8-4-3-5-10(11)9(8)7-12/h6-7,10H,2-5,11H2,1H3. The van der Waals surface area contributed by atoms with Crippen molar-refractivity contribution in [2.75, 3.05) is 0 Å². The highest BCUT2D eigenvalue weighted by atomic mass is 14.9. The first-order valence-electron chi connectivity index (χ1n) is 4.75. The number of aryl methyl sites for hydroxylation is 2. The van der Waals surface area contributed by atoms with E-state index < -0.39 is 0 Å². The van der Waals surface area contributed by atoms with Crippen LogP contribution in [-0.4, -0.2) is 4.57 Å². The van der Waals surface area contributed by atoms with E-state index in [9.17, 15) is 0 Å². The van der Waals surface area contributed by atoms with Gasteiger partial charge in [-0.3, -0.25) is 0 Å². The lowest BCUT2D eigenvalue weighted by Gasteiger charge is -2.17. The summed E-state index contributed by atoms with van der Waals surface area (Å²) in [6, 6.07) is 0.293. The van der Waals surface area contributed by atoms with E-state index in [1.165, 1.54) is 24.0 Å². The first-order valence-corrected chi connectivity index (χ1v) is 4.75. The van der Waals surface area contributed by atoms with Crippen molar-refractivity contribution in [3.63, 3.8) is 0 Å². The zero-order valence-electron chi connectivity index (χ0n) is 7.59. The normalized spacial score (nSPS) is 22.3. The SMILES string of the molecule is CCn1cc2c(c1)C(N)CCC2. The zero-order valence-corrected chi connectivity index (χ0v) is 7.59. The van der Waals surface area contributed by atoms with Crippen LogP contribution >= 0.6 is 0 Å². The first-order chi connectivity index (χ1) is 5.81. The van der Waals surface area contributed by atoms with Gasteiger partial charge in [0.05, 0.1) is 0 Å². The van der Waals surface area contributed by atoms with E-state index in [0.29, 0.717) is 6.04 Å². The van der Waals surface area contributed by atoms with E-state index in [0.717, 1.165) is 13.0 Å². The summed E-state index contributed by atoms with van der Waals surface area (Å²) in [6.45, 7) is 3.22. The van der Waals surface area contributed by atoms with E-state index in [4.69, 9.17) is 5.73 Å². The van der Waals surface area contributed by atoms with Gasteiger partial charge in [0.15, 0.2) is 0 Å². The van der Waals surface area contributed by atoms with Gasteiger partial charge < -0.3 is 10.3 Å². The minimum atomic E-state index is 0.293. The Morgan fingerprint density at radius 3 is 3.08 bits per heavy atom. The lowest BCUT2D eigenvalue weighted by atomic mass is 9.92. The molecule has 1 unspecified atom stereocenters. The van der Waals surface area contributed by atoms with Crippen molar-refractivity contribution >= 4 is 0 Å². The molecule has 1 heterocycles. The number of hydrogen-bond acceptors (Lipinski definition) is 1. The van der Waals surface area contributed by atoms with Crippen molar-refractivity contribution in [3.8, 4) is 0 Å². The van der Waals surface area contributed by atoms with Crippen LogP contribution in [0.15, 0.2) is 12.4 Å². The Morgan fingerprint density at radius 2 is 2.42 bits per heavy atom. The van der Waals surface area contributed by atoms with Crippen LogP contribution in [0.4, 0.5) is 0 Å². The molecular formula is C10H16N2. The average molecular weight is 164 g/mol. The highest BCUT2D eigenvalue weighted by Crippen LogP contribution is 2.28. The summed E-state index contributed by atoms with van der Waals surface area (Å²) in [7, 11) is 0. The summed E-state index contributed by atoms with van der Waals surface area (Å²) in [4.78, 5) is 0. The second-order valence-electron chi connectivity index (χ2n) is 3.57. The number of fused-ring (bicyclic) bond motifs is 1. The van der Waals surface area contributed by atoms with E-state index in [-0.39, 0.29) is 0 Å². The zero-order chi connectivity index (χ0) is 8.55. The van der Waals surface area contributed by atoms with Gasteiger partial charge in [0, 0.05) is 25.0 Å². The summed E-state index contributed by atoms with van der Waals surface area (Å²) in [5.74, 6) is 0. The molecule has 1 atom stereocenters. The van der Waals surface area contributed by atoms with Gasteiger partial charge in [-0.2, -0.15) is 0 Å². The van der Waals surface area contributed by atoms with E-state index >= 15 is 0 Å². The molecular weight excluding hydrogens is 148 g/mol. The minimum Gasteiger partial charge on any atom is -0.354 e. The average Bonchev–Trinajstić information content (AvgIpc) is 2.49. The van der Waals surface area contributed by atoms with Gasteiger partial charge in [-0.05, 0) is 37.3 Å². The Kier molecular flexibility index (Phi) is 1.93. The Morgan fingerprint density at radius 1 is 1.58 bits per heavy atom. The maximum Gasteiger partial charge on any atom is 0.0312 e. The largest absolute Gasteiger partial charge is 0.354 e. The lowest BCUT2D eigenvalue weighted by Crippen LogP contribution is -2.15. The smallest absolute Gasteiger partial charge is 0.0312 e. The monoisotopic (exact) mass is 164 g/mol. The molecule has 2 heteroatoms. The van der Waals surface area contributed by atoms with Gasteiger partial charge in [-0.1, -0.05) is 0 Å². The fourth-order valence-electron chi connectivity index (χ4n) is 1.97. The third-order valence-corrected chi connectivity index (χ3v) is 2.72. The van der Waals surface area contributed by atoms with Crippen LogP contribution in [-0.2, 0) is 13.0 Å². The number of hydrogen-bond donors (Lipinski definition) is 1. The number of aromatic nitrogens is 1. The predicted octanol–water partition coefficient (Wildman–Crippen LogP) is 1.84. The summed E-state index contributed by atoms with van der Waals surface area (Å²) in [6.07, 6.45) is 8.08. The topological polar surface area (TPSA) is 30.9 Å². The molecule has 12 heavy (non-hydrogen) atoms. The van der Waals surface area contributed by atoms with Gasteiger partial charge in [-0.25, -0.2) is 0 Å². The molecule has 0 amide bonds. The second kappa shape index (κ2) is 2.94. The quantitative estimate of drug-likeness (QED) is 0.674. The van der Waals surface area contributed by atoms with Crippen LogP contribution in [0, 0.1) is 0 Å². The third-order valence-electron chi connectivity index (χ3n) is 2.72. The van der Waals surface area contributed by atoms with Crippen LogP contribution < -0.4 is 5.73 Å². The Labute approximate surface area is 73.4 Å². The molecule has 0 aromatic carbocycles. The number of rotatable bonds is 1. The van der Waals surface area contributed by atoms with Gasteiger partial charge in [-0.15, -0.1) is 0 Å². The molecule has 1 aliphatic carbocycles. The maximum absolute atomic E-state index is 6.00. The van der Waals surface area contributed by atoms with Crippen molar-refractivity contribution in [1.29, 1.82) is 0 Å². The maximum atomic E-state index is 6.00. The van der Waals surface area contributed by atoms with Crippen molar-refractivity contribution in [1.82, 2.24) is 4.57 Å². The Bertz CT molecular complexity index is 275. The number of nitrogens with zero attached hydrogens (tertiary/aromatic N) is 1. The molecule has 0 aliphatic heterocycles. The van der Waals surface area contributed by atoms with Crippen molar-refractivity contribution in [2.45, 2.75) is 38.8 Å². The van der Waals surface area contributed by atoms with Crippen LogP contribution in [0.5, 0.6) is 0 Å². The first kappa shape index (κ1) is 7.87. The summed E-state index contributed by atoms with van der Waals surface area (Å²) in [5, 5.41) is 0. The fraction of sp³-hybridized carbons (Fsp3) is 0.600. The summed E-state index contributed by atoms with van der Waals surface area (Å²) >= 11 is 0. The minimum absolute atomic E-state index is 0.293. The highest BCUT2D eigenvalue weighted by molar-refractivity contribution is 5.29. The van der Waals surface area contributed by atoms with E-state index in [1.807, 2.05) is 0 Å². The van der Waals surface area contributed by atoms with Crippen LogP contribution in [0.3, 0.4) is 0 Å². The molecule has 0 radical (unpaired) electrons. The van der Waals surface area contributed by atoms with Crippen LogP contribution in [0.25, 0.3) is 0 Å². The summed E-state index contributed by atoms with van der Waals surface area (Å²) in [5.41, 5.74) is 8.85. The molecule has 2 nitrogen and oxygen atoms in total. The van der Waals surface area contributed by atoms with Crippen molar-refractivity contribution < 1.29 is 0 Å². The lowest BCUT2D eigenvalue weighted by molar-refractivity contribution is 0.573. The van der Waals surface area contributed by atoms with Crippen LogP contribution in [0.2, 0.25) is 0 Å². The van der Waals surface area contributed by atoms with Crippen molar-refractivity contribution in [3.05, 3.63) is 23.5 Å². The second-order valence-corrected chi connectivity index (χ2v) is 3.57. The fourth-order valence-corrected chi connectivity index (χ4v) is 1.97. The summed E-state index contributed by atoms with van der Waals surface area (Å²) < 4.78 is 2.23. The molecule has 2 rings (SSSR count). The molecule has 1 aromatic heterocycles. The molecule has 2 N–H and O–H groups in total. The highest BCUT2D eigenvalue weighted by Gasteiger charge is 2.17. The molecule has 1 aliphatic rings. The van der Waals surface area contributed by atoms with Gasteiger partial charge in [0.1, 0.15) is 0 Å². The number of nitrogens with two attached hydrogens (primary N) is 1. The van der Waals surface area contributed by atoms with Gasteiger partial charge in [0.25, 0.3) is 0 Å². The van der Waals surface area contributed by atoms with E-state index in [2.05, 4.69) is 23.9 Å². The predicted molar refractivity (Wildman–Crippen MR) is 50.0 cm³/mol. The molecule has 0 fully saturated rings. The van der Waals surface area contributed by atoms with Crippen molar-refractivity contribution in [2.24, 2.45) is 5.73 Å². The molecule has 0 spiro atoms. The molecule has 0 saturated carbocycles. The van der Waals surface area contributed by atoms with Gasteiger partial charge >= 0.3 is 0 Å². The molecule has 0 bridgehead atoms. The Hall–Kier alpha value is -0.760. The Balaban J connectivity index is 2.37.